The standard InChI is InChI=1S/C16H15N3/c1-11(17)15-10-19(13-8-6-12(18)7-9-13)16-5-3-2-4-14(15)16/h2-10,17H,18H2,1H3. The van der Waals surface area contributed by atoms with Crippen LogP contribution in [-0.4, -0.2) is 10.3 Å². The van der Waals surface area contributed by atoms with Crippen molar-refractivity contribution < 1.29 is 0 Å². The van der Waals surface area contributed by atoms with Crippen molar-refractivity contribution in [2.45, 2.75) is 6.92 Å². The second-order valence-electron chi connectivity index (χ2n) is 4.65. The minimum Gasteiger partial charge on any atom is -0.399 e. The Morgan fingerprint density at radius 3 is 2.42 bits per heavy atom. The number of nitrogens with two attached hydrogens (primary N) is 1. The molecule has 3 N–H and O–H groups in total. The third-order valence-corrected chi connectivity index (χ3v) is 3.29. The Hall–Kier alpha value is -2.55. The van der Waals surface area contributed by atoms with E-state index in [1.54, 1.807) is 0 Å². The molecule has 1 heterocycles. The Morgan fingerprint density at radius 2 is 1.74 bits per heavy atom. The third kappa shape index (κ3) is 1.89. The minimum atomic E-state index is 0.574. The lowest BCUT2D eigenvalue weighted by Gasteiger charge is -2.05. The summed E-state index contributed by atoms with van der Waals surface area (Å²) in [5.74, 6) is 0. The van der Waals surface area contributed by atoms with Crippen molar-refractivity contribution in [3.8, 4) is 5.69 Å². The van der Waals surface area contributed by atoms with Gasteiger partial charge >= 0.3 is 0 Å². The number of para-hydroxylation sites is 1. The summed E-state index contributed by atoms with van der Waals surface area (Å²) in [7, 11) is 0. The summed E-state index contributed by atoms with van der Waals surface area (Å²) in [5, 5.41) is 9.00. The first kappa shape index (κ1) is 11.5. The van der Waals surface area contributed by atoms with Crippen molar-refractivity contribution in [2.24, 2.45) is 0 Å². The Kier molecular flexibility index (Phi) is 2.60. The molecule has 0 aliphatic carbocycles. The van der Waals surface area contributed by atoms with E-state index >= 15 is 0 Å². The number of nitrogens with zero attached hydrogens (tertiary/aromatic N) is 1. The third-order valence-electron chi connectivity index (χ3n) is 3.29. The summed E-state index contributed by atoms with van der Waals surface area (Å²) >= 11 is 0. The maximum absolute atomic E-state index is 7.89. The second kappa shape index (κ2) is 4.28. The summed E-state index contributed by atoms with van der Waals surface area (Å²) in [6.45, 7) is 1.81. The molecule has 3 rings (SSSR count). The van der Waals surface area contributed by atoms with Crippen LogP contribution in [0, 0.1) is 5.41 Å². The fourth-order valence-electron chi connectivity index (χ4n) is 2.33. The molecule has 0 amide bonds. The van der Waals surface area contributed by atoms with Crippen LogP contribution in [0.15, 0.2) is 54.7 Å². The van der Waals surface area contributed by atoms with Crippen molar-refractivity contribution in [1.29, 1.82) is 5.41 Å². The average molecular weight is 249 g/mol. The zero-order chi connectivity index (χ0) is 13.4. The Balaban J connectivity index is 2.29. The van der Waals surface area contributed by atoms with E-state index in [2.05, 4.69) is 16.7 Å². The van der Waals surface area contributed by atoms with Gasteiger partial charge < -0.3 is 15.7 Å². The van der Waals surface area contributed by atoms with Crippen LogP contribution >= 0.6 is 0 Å². The van der Waals surface area contributed by atoms with E-state index in [9.17, 15) is 0 Å². The molecular formula is C16H15N3. The molecule has 3 nitrogen and oxygen atoms in total. The predicted octanol–water partition coefficient (Wildman–Crippen LogP) is 3.60. The van der Waals surface area contributed by atoms with E-state index in [-0.39, 0.29) is 0 Å². The molecule has 2 aromatic carbocycles. The lowest BCUT2D eigenvalue weighted by Crippen LogP contribution is -1.93. The summed E-state index contributed by atoms with van der Waals surface area (Å²) in [6, 6.07) is 15.9. The molecule has 0 radical (unpaired) electrons. The highest BCUT2D eigenvalue weighted by molar-refractivity contribution is 6.08. The van der Waals surface area contributed by atoms with Crippen LogP contribution in [0.2, 0.25) is 0 Å². The molecule has 3 heteroatoms. The molecule has 0 aliphatic rings. The first-order valence-corrected chi connectivity index (χ1v) is 6.18. The average Bonchev–Trinajstić information content (AvgIpc) is 2.79. The Labute approximate surface area is 111 Å². The summed E-state index contributed by atoms with van der Waals surface area (Å²) in [6.07, 6.45) is 2.01. The van der Waals surface area contributed by atoms with Gasteiger partial charge in [-0.3, -0.25) is 0 Å². The van der Waals surface area contributed by atoms with Crippen LogP contribution in [0.25, 0.3) is 16.6 Å². The Morgan fingerprint density at radius 1 is 1.05 bits per heavy atom. The highest BCUT2D eigenvalue weighted by Gasteiger charge is 2.10. The highest BCUT2D eigenvalue weighted by atomic mass is 15.0. The van der Waals surface area contributed by atoms with Crippen LogP contribution < -0.4 is 5.73 Å². The molecule has 0 bridgehead atoms. The van der Waals surface area contributed by atoms with Gasteiger partial charge in [-0.1, -0.05) is 18.2 Å². The SMILES string of the molecule is CC(=N)c1cn(-c2ccc(N)cc2)c2ccccc12. The second-order valence-corrected chi connectivity index (χ2v) is 4.65. The van der Waals surface area contributed by atoms with Crippen molar-refractivity contribution in [3.05, 3.63) is 60.3 Å². The van der Waals surface area contributed by atoms with Gasteiger partial charge in [0.05, 0.1) is 5.52 Å². The number of anilines is 1. The van der Waals surface area contributed by atoms with Gasteiger partial charge in [-0.25, -0.2) is 0 Å². The lowest BCUT2D eigenvalue weighted by atomic mass is 10.1. The fourth-order valence-corrected chi connectivity index (χ4v) is 2.33. The van der Waals surface area contributed by atoms with Gasteiger partial charge in [0, 0.05) is 34.2 Å². The maximum atomic E-state index is 7.89. The van der Waals surface area contributed by atoms with Crippen LogP contribution in [0.3, 0.4) is 0 Å². The zero-order valence-electron chi connectivity index (χ0n) is 10.7. The minimum absolute atomic E-state index is 0.574. The molecule has 94 valence electrons. The van der Waals surface area contributed by atoms with Gasteiger partial charge in [0.1, 0.15) is 0 Å². The van der Waals surface area contributed by atoms with Crippen LogP contribution in [0.5, 0.6) is 0 Å². The molecular weight excluding hydrogens is 234 g/mol. The lowest BCUT2D eigenvalue weighted by molar-refractivity contribution is 1.13. The van der Waals surface area contributed by atoms with Crippen LogP contribution in [0.1, 0.15) is 12.5 Å². The molecule has 0 spiro atoms. The summed E-state index contributed by atoms with van der Waals surface area (Å²) in [4.78, 5) is 0. The topological polar surface area (TPSA) is 54.8 Å². The van der Waals surface area contributed by atoms with Gasteiger partial charge in [-0.2, -0.15) is 0 Å². The van der Waals surface area contributed by atoms with Crippen LogP contribution in [-0.2, 0) is 0 Å². The number of nitrogen functional groups attached to an aromatic ring is 1. The predicted molar refractivity (Wildman–Crippen MR) is 80.2 cm³/mol. The van der Waals surface area contributed by atoms with Gasteiger partial charge in [0.25, 0.3) is 0 Å². The largest absolute Gasteiger partial charge is 0.399 e. The van der Waals surface area contributed by atoms with Gasteiger partial charge in [0.2, 0.25) is 0 Å². The van der Waals surface area contributed by atoms with E-state index in [1.807, 2.05) is 49.5 Å². The fraction of sp³-hybridized carbons (Fsp3) is 0.0625. The van der Waals surface area contributed by atoms with E-state index in [0.717, 1.165) is 27.8 Å². The number of rotatable bonds is 2. The normalized spacial score (nSPS) is 10.8. The molecule has 0 fully saturated rings. The number of aromatic nitrogens is 1. The van der Waals surface area contributed by atoms with Gasteiger partial charge in [-0.15, -0.1) is 0 Å². The van der Waals surface area contributed by atoms with Crippen molar-refractivity contribution in [2.75, 3.05) is 5.73 Å². The van der Waals surface area contributed by atoms with E-state index in [1.165, 1.54) is 0 Å². The molecule has 3 aromatic rings. The Bertz CT molecular complexity index is 751. The number of benzene rings is 2. The molecule has 19 heavy (non-hydrogen) atoms. The summed E-state index contributed by atoms with van der Waals surface area (Å²) < 4.78 is 2.10. The summed E-state index contributed by atoms with van der Waals surface area (Å²) in [5.41, 5.74) is 10.2. The van der Waals surface area contributed by atoms with Crippen molar-refractivity contribution in [3.63, 3.8) is 0 Å². The molecule has 0 saturated carbocycles. The first-order chi connectivity index (χ1) is 9.16. The molecule has 1 aromatic heterocycles. The first-order valence-electron chi connectivity index (χ1n) is 6.18. The monoisotopic (exact) mass is 249 g/mol. The smallest absolute Gasteiger partial charge is 0.0535 e. The highest BCUT2D eigenvalue weighted by Crippen LogP contribution is 2.25. The van der Waals surface area contributed by atoms with Crippen molar-refractivity contribution >= 4 is 22.3 Å². The van der Waals surface area contributed by atoms with Crippen molar-refractivity contribution in [1.82, 2.24) is 4.57 Å². The molecule has 0 aliphatic heterocycles. The maximum Gasteiger partial charge on any atom is 0.0535 e. The van der Waals surface area contributed by atoms with E-state index in [4.69, 9.17) is 11.1 Å². The molecule has 0 unspecified atom stereocenters. The number of fused-ring (bicyclic) bond motifs is 1. The number of hydrogen-bond acceptors (Lipinski definition) is 2. The molecule has 0 saturated heterocycles. The van der Waals surface area contributed by atoms with Gasteiger partial charge in [0.15, 0.2) is 0 Å². The number of hydrogen-bond donors (Lipinski definition) is 2. The quantitative estimate of drug-likeness (QED) is 0.529. The van der Waals surface area contributed by atoms with E-state index in [0.29, 0.717) is 5.71 Å². The zero-order valence-corrected chi connectivity index (χ0v) is 10.7. The van der Waals surface area contributed by atoms with Crippen LogP contribution in [0.4, 0.5) is 5.69 Å². The number of nitrogens with one attached hydrogen (secondary N) is 1. The molecule has 0 atom stereocenters. The van der Waals surface area contributed by atoms with E-state index < -0.39 is 0 Å². The van der Waals surface area contributed by atoms with Gasteiger partial charge in [-0.05, 0) is 37.3 Å².